The Morgan fingerprint density at radius 2 is 1.83 bits per heavy atom. The third-order valence-corrected chi connectivity index (χ3v) is 2.92. The number of aliphatic imine (C=N–C) groups is 1. The summed E-state index contributed by atoms with van der Waals surface area (Å²) in [5.41, 5.74) is 0. The quantitative estimate of drug-likeness (QED) is 0.542. The Hall–Kier alpha value is -0.530. The minimum absolute atomic E-state index is 0.763. The smallest absolute Gasteiger partial charge is 0.167 e. The first-order chi connectivity index (χ1) is 5.97. The van der Waals surface area contributed by atoms with Crippen LogP contribution in [-0.2, 0) is 0 Å². The molecule has 1 radical (unpaired) electrons. The van der Waals surface area contributed by atoms with Gasteiger partial charge < -0.3 is 4.90 Å². The largest absolute Gasteiger partial charge is 0.349 e. The van der Waals surface area contributed by atoms with Crippen molar-refractivity contribution in [1.82, 2.24) is 4.90 Å². The van der Waals surface area contributed by atoms with Gasteiger partial charge in [-0.05, 0) is 12.8 Å². The van der Waals surface area contributed by atoms with Gasteiger partial charge in [-0.25, -0.2) is 0 Å². The van der Waals surface area contributed by atoms with Crippen LogP contribution >= 0.6 is 0 Å². The number of hydrogen-bond acceptors (Lipinski definition) is 2. The first-order valence-corrected chi connectivity index (χ1v) is 5.15. The highest BCUT2D eigenvalue weighted by atomic mass is 15.2. The molecule has 0 aromatic rings. The van der Waals surface area contributed by atoms with Crippen LogP contribution in [-0.4, -0.2) is 30.4 Å². The van der Waals surface area contributed by atoms with E-state index in [4.69, 9.17) is 0 Å². The molecule has 1 aliphatic carbocycles. The van der Waals surface area contributed by atoms with E-state index in [9.17, 15) is 0 Å². The van der Waals surface area contributed by atoms with Crippen LogP contribution in [0.15, 0.2) is 4.99 Å². The van der Waals surface area contributed by atoms with Crippen molar-refractivity contribution >= 4 is 6.34 Å². The standard InChI is InChI=1S/C10H17N2/c1-2-4-6-10(5-3-1)12-8-7-11-9-12/h10H,1-8H2. The van der Waals surface area contributed by atoms with Crippen LogP contribution in [0.1, 0.15) is 38.5 Å². The molecular weight excluding hydrogens is 148 g/mol. The molecule has 67 valence electrons. The molecule has 0 N–H and O–H groups in total. The van der Waals surface area contributed by atoms with E-state index in [0.717, 1.165) is 19.1 Å². The number of rotatable bonds is 1. The van der Waals surface area contributed by atoms with Crippen molar-refractivity contribution in [2.24, 2.45) is 4.99 Å². The number of hydrogen-bond donors (Lipinski definition) is 0. The molecule has 2 rings (SSSR count). The highest BCUT2D eigenvalue weighted by Crippen LogP contribution is 2.21. The Morgan fingerprint density at radius 3 is 2.42 bits per heavy atom. The lowest BCUT2D eigenvalue weighted by Gasteiger charge is -2.24. The van der Waals surface area contributed by atoms with Gasteiger partial charge in [0, 0.05) is 12.6 Å². The maximum Gasteiger partial charge on any atom is 0.167 e. The predicted octanol–water partition coefficient (Wildman–Crippen LogP) is 1.93. The molecule has 0 unspecified atom stereocenters. The van der Waals surface area contributed by atoms with Crippen LogP contribution in [0, 0.1) is 0 Å². The molecule has 1 aliphatic heterocycles. The molecule has 1 saturated carbocycles. The van der Waals surface area contributed by atoms with Crippen molar-refractivity contribution < 1.29 is 0 Å². The van der Waals surface area contributed by atoms with Crippen molar-refractivity contribution in [2.45, 2.75) is 44.6 Å². The lowest BCUT2D eigenvalue weighted by atomic mass is 10.1. The van der Waals surface area contributed by atoms with Gasteiger partial charge in [-0.3, -0.25) is 4.99 Å². The van der Waals surface area contributed by atoms with Gasteiger partial charge in [0.1, 0.15) is 0 Å². The summed E-state index contributed by atoms with van der Waals surface area (Å²) >= 11 is 0. The summed E-state index contributed by atoms with van der Waals surface area (Å²) in [6.07, 6.45) is 11.5. The van der Waals surface area contributed by atoms with Gasteiger partial charge in [-0.2, -0.15) is 0 Å². The Labute approximate surface area is 74.7 Å². The van der Waals surface area contributed by atoms with Crippen LogP contribution in [0.2, 0.25) is 0 Å². The topological polar surface area (TPSA) is 15.6 Å². The average molecular weight is 165 g/mol. The Bertz CT molecular complexity index is 157. The first kappa shape index (κ1) is 8.09. The maximum absolute atomic E-state index is 4.15. The third-order valence-electron chi connectivity index (χ3n) is 2.92. The van der Waals surface area contributed by atoms with E-state index in [1.807, 2.05) is 0 Å². The van der Waals surface area contributed by atoms with Crippen LogP contribution in [0.25, 0.3) is 0 Å². The van der Waals surface area contributed by atoms with Crippen molar-refractivity contribution in [3.05, 3.63) is 0 Å². The Kier molecular flexibility index (Phi) is 2.64. The average Bonchev–Trinajstić information content (AvgIpc) is 2.48. The normalized spacial score (nSPS) is 26.2. The minimum Gasteiger partial charge on any atom is -0.349 e. The van der Waals surface area contributed by atoms with E-state index >= 15 is 0 Å². The second-order valence-corrected chi connectivity index (χ2v) is 3.82. The molecule has 12 heavy (non-hydrogen) atoms. The maximum atomic E-state index is 4.15. The van der Waals surface area contributed by atoms with Gasteiger partial charge >= 0.3 is 0 Å². The fourth-order valence-corrected chi connectivity index (χ4v) is 2.18. The Morgan fingerprint density at radius 1 is 1.08 bits per heavy atom. The van der Waals surface area contributed by atoms with E-state index in [1.54, 1.807) is 0 Å². The molecule has 0 aromatic carbocycles. The van der Waals surface area contributed by atoms with E-state index in [1.165, 1.54) is 38.5 Å². The predicted molar refractivity (Wildman–Crippen MR) is 50.5 cm³/mol. The van der Waals surface area contributed by atoms with Crippen molar-refractivity contribution in [3.63, 3.8) is 0 Å². The zero-order chi connectivity index (χ0) is 8.23. The molecule has 2 heteroatoms. The van der Waals surface area contributed by atoms with Crippen LogP contribution in [0.5, 0.6) is 0 Å². The lowest BCUT2D eigenvalue weighted by Crippen LogP contribution is -2.32. The molecule has 0 atom stereocenters. The zero-order valence-corrected chi connectivity index (χ0v) is 7.63. The van der Waals surface area contributed by atoms with Gasteiger partial charge in [-0.1, -0.05) is 25.7 Å². The van der Waals surface area contributed by atoms with E-state index in [2.05, 4.69) is 16.2 Å². The minimum atomic E-state index is 0.763. The second-order valence-electron chi connectivity index (χ2n) is 3.82. The fourth-order valence-electron chi connectivity index (χ4n) is 2.18. The van der Waals surface area contributed by atoms with E-state index in [0.29, 0.717) is 0 Å². The Balaban J connectivity index is 1.87. The molecule has 0 saturated heterocycles. The molecule has 1 fully saturated rings. The monoisotopic (exact) mass is 165 g/mol. The van der Waals surface area contributed by atoms with Gasteiger partial charge in [0.05, 0.1) is 6.54 Å². The summed E-state index contributed by atoms with van der Waals surface area (Å²) in [4.78, 5) is 6.47. The van der Waals surface area contributed by atoms with Gasteiger partial charge in [0.25, 0.3) is 0 Å². The van der Waals surface area contributed by atoms with Crippen LogP contribution < -0.4 is 0 Å². The van der Waals surface area contributed by atoms with Gasteiger partial charge in [0.15, 0.2) is 6.34 Å². The SMILES string of the molecule is [C]1=NCCN1C1CCCCCC1. The van der Waals surface area contributed by atoms with Crippen molar-refractivity contribution in [3.8, 4) is 0 Å². The molecule has 2 nitrogen and oxygen atoms in total. The van der Waals surface area contributed by atoms with Crippen molar-refractivity contribution in [1.29, 1.82) is 0 Å². The van der Waals surface area contributed by atoms with Gasteiger partial charge in [0.2, 0.25) is 0 Å². The number of nitrogens with zero attached hydrogens (tertiary/aromatic N) is 2. The molecule has 0 amide bonds. The fraction of sp³-hybridized carbons (Fsp3) is 0.900. The molecule has 1 heterocycles. The highest BCUT2D eigenvalue weighted by Gasteiger charge is 2.19. The summed E-state index contributed by atoms with van der Waals surface area (Å²) < 4.78 is 0. The summed E-state index contributed by atoms with van der Waals surface area (Å²) in [7, 11) is 0. The summed E-state index contributed by atoms with van der Waals surface area (Å²) in [6, 6.07) is 0.763. The summed E-state index contributed by atoms with van der Waals surface area (Å²) in [6.45, 7) is 2.08. The first-order valence-electron chi connectivity index (χ1n) is 5.15. The molecule has 0 spiro atoms. The third kappa shape index (κ3) is 1.79. The van der Waals surface area contributed by atoms with Crippen LogP contribution in [0.4, 0.5) is 0 Å². The zero-order valence-electron chi connectivity index (χ0n) is 7.63. The molecule has 0 bridgehead atoms. The van der Waals surface area contributed by atoms with E-state index in [-0.39, 0.29) is 0 Å². The summed E-state index contributed by atoms with van der Waals surface area (Å²) in [5, 5.41) is 0. The summed E-state index contributed by atoms with van der Waals surface area (Å²) in [5.74, 6) is 0. The molecule has 0 aromatic heterocycles. The molecular formula is C10H17N2. The lowest BCUT2D eigenvalue weighted by molar-refractivity contribution is 0.311. The molecule has 2 aliphatic rings. The van der Waals surface area contributed by atoms with Crippen LogP contribution in [0.3, 0.4) is 0 Å². The second kappa shape index (κ2) is 3.92. The van der Waals surface area contributed by atoms with Gasteiger partial charge in [-0.15, -0.1) is 0 Å². The van der Waals surface area contributed by atoms with Crippen molar-refractivity contribution in [2.75, 3.05) is 13.1 Å². The highest BCUT2D eigenvalue weighted by molar-refractivity contribution is 5.57. The van der Waals surface area contributed by atoms with E-state index < -0.39 is 0 Å².